The summed E-state index contributed by atoms with van der Waals surface area (Å²) in [7, 11) is -3.67. The van der Waals surface area contributed by atoms with E-state index in [9.17, 15) is 21.6 Å². The quantitative estimate of drug-likeness (QED) is 0.594. The Hall–Kier alpha value is -2.80. The highest BCUT2D eigenvalue weighted by molar-refractivity contribution is 7.93. The first-order valence-corrected chi connectivity index (χ1v) is 10.7. The van der Waals surface area contributed by atoms with Crippen molar-refractivity contribution in [2.24, 2.45) is 0 Å². The van der Waals surface area contributed by atoms with Crippen molar-refractivity contribution < 1.29 is 21.6 Å². The number of hydrogen-bond donors (Lipinski definition) is 1. The van der Waals surface area contributed by atoms with Crippen molar-refractivity contribution in [3.63, 3.8) is 0 Å². The van der Waals surface area contributed by atoms with Gasteiger partial charge in [-0.15, -0.1) is 0 Å². The van der Waals surface area contributed by atoms with E-state index in [0.29, 0.717) is 18.4 Å². The van der Waals surface area contributed by atoms with Crippen molar-refractivity contribution >= 4 is 15.7 Å². The molecule has 1 N–H and O–H groups in total. The molecule has 4 rings (SSSR count). The molecule has 0 amide bonds. The number of benzene rings is 3. The van der Waals surface area contributed by atoms with E-state index in [1.165, 1.54) is 18.2 Å². The Morgan fingerprint density at radius 1 is 0.862 bits per heavy atom. The van der Waals surface area contributed by atoms with Gasteiger partial charge in [0, 0.05) is 12.0 Å². The second kappa shape index (κ2) is 7.55. The lowest BCUT2D eigenvalue weighted by Gasteiger charge is -2.14. The third-order valence-electron chi connectivity index (χ3n) is 4.94. The van der Waals surface area contributed by atoms with Gasteiger partial charge < -0.3 is 0 Å². The summed E-state index contributed by atoms with van der Waals surface area (Å²) in [4.78, 5) is 0. The number of anilines is 1. The third-order valence-corrected chi connectivity index (χ3v) is 6.79. The number of sulfonamides is 1. The van der Waals surface area contributed by atoms with Gasteiger partial charge >= 0.3 is 0 Å². The van der Waals surface area contributed by atoms with E-state index in [2.05, 4.69) is 4.72 Å². The molecule has 0 aromatic heterocycles. The number of halogens is 3. The predicted molar refractivity (Wildman–Crippen MR) is 107 cm³/mol. The summed E-state index contributed by atoms with van der Waals surface area (Å²) in [6.07, 6.45) is 0.779. The van der Waals surface area contributed by atoms with Crippen LogP contribution in [0.25, 0.3) is 11.1 Å². The van der Waals surface area contributed by atoms with Crippen LogP contribution in [-0.4, -0.2) is 13.7 Å². The third kappa shape index (κ3) is 4.15. The van der Waals surface area contributed by atoms with Crippen LogP contribution in [0.4, 0.5) is 18.9 Å². The van der Waals surface area contributed by atoms with Gasteiger partial charge in [-0.2, -0.15) is 0 Å². The molecular formula is C22H18F3NO2S. The van der Waals surface area contributed by atoms with Gasteiger partial charge in [0.05, 0.1) is 10.9 Å². The van der Waals surface area contributed by atoms with E-state index in [-0.39, 0.29) is 23.2 Å². The highest BCUT2D eigenvalue weighted by Gasteiger charge is 2.36. The Kier molecular flexibility index (Phi) is 5.08. The lowest BCUT2D eigenvalue weighted by molar-refractivity contribution is 0.500. The average molecular weight is 417 g/mol. The van der Waals surface area contributed by atoms with Gasteiger partial charge in [0.2, 0.25) is 10.0 Å². The maximum Gasteiger partial charge on any atom is 0.235 e. The first-order chi connectivity index (χ1) is 13.8. The molecule has 3 aromatic carbocycles. The van der Waals surface area contributed by atoms with Gasteiger partial charge in [0.15, 0.2) is 11.6 Å². The molecule has 0 heterocycles. The Morgan fingerprint density at radius 3 is 2.24 bits per heavy atom. The van der Waals surface area contributed by atoms with E-state index in [0.717, 1.165) is 11.6 Å². The van der Waals surface area contributed by atoms with Gasteiger partial charge in [-0.3, -0.25) is 4.72 Å². The van der Waals surface area contributed by atoms with Gasteiger partial charge in [-0.05, 0) is 47.7 Å². The summed E-state index contributed by atoms with van der Waals surface area (Å²) >= 11 is 0. The molecule has 7 heteroatoms. The molecule has 3 aromatic rings. The van der Waals surface area contributed by atoms with Crippen LogP contribution < -0.4 is 4.72 Å². The molecule has 1 saturated carbocycles. The van der Waals surface area contributed by atoms with Gasteiger partial charge in [-0.25, -0.2) is 21.6 Å². The van der Waals surface area contributed by atoms with E-state index in [4.69, 9.17) is 0 Å². The van der Waals surface area contributed by atoms with Crippen molar-refractivity contribution in [3.05, 3.63) is 89.2 Å². The minimum absolute atomic E-state index is 0.0673. The van der Waals surface area contributed by atoms with Gasteiger partial charge in [-0.1, -0.05) is 42.5 Å². The highest BCUT2D eigenvalue weighted by atomic mass is 32.2. The standard InChI is InChI=1S/C22H18F3NO2S/c23-19-10-11-21(26-29(27,28)17-8-9-17)18(22(19)25)12-16-7-6-15(13-20(16)24)14-4-2-1-3-5-14/h1-7,10-11,13,17,26H,8-9,12H2. The highest BCUT2D eigenvalue weighted by Crippen LogP contribution is 2.33. The summed E-state index contributed by atoms with van der Waals surface area (Å²) in [5, 5.41) is -0.523. The number of rotatable bonds is 6. The molecule has 29 heavy (non-hydrogen) atoms. The molecule has 150 valence electrons. The molecule has 1 aliphatic rings. The molecule has 1 aliphatic carbocycles. The van der Waals surface area contributed by atoms with Crippen LogP contribution in [0.5, 0.6) is 0 Å². The van der Waals surface area contributed by atoms with Crippen LogP contribution in [0.2, 0.25) is 0 Å². The lowest BCUT2D eigenvalue weighted by Crippen LogP contribution is -2.19. The van der Waals surface area contributed by atoms with Crippen LogP contribution in [0.15, 0.2) is 60.7 Å². The maximum absolute atomic E-state index is 14.7. The zero-order valence-electron chi connectivity index (χ0n) is 15.3. The van der Waals surface area contributed by atoms with Crippen LogP contribution >= 0.6 is 0 Å². The van der Waals surface area contributed by atoms with Gasteiger partial charge in [0.25, 0.3) is 0 Å². The molecule has 0 atom stereocenters. The average Bonchev–Trinajstić information content (AvgIpc) is 3.55. The smallest absolute Gasteiger partial charge is 0.235 e. The van der Waals surface area contributed by atoms with E-state index in [1.54, 1.807) is 6.07 Å². The molecule has 3 nitrogen and oxygen atoms in total. The van der Waals surface area contributed by atoms with Crippen molar-refractivity contribution in [1.29, 1.82) is 0 Å². The Bertz CT molecular complexity index is 1160. The van der Waals surface area contributed by atoms with E-state index >= 15 is 0 Å². The molecule has 0 bridgehead atoms. The molecule has 0 aliphatic heterocycles. The summed E-state index contributed by atoms with van der Waals surface area (Å²) < 4.78 is 69.8. The monoisotopic (exact) mass is 417 g/mol. The fourth-order valence-electron chi connectivity index (χ4n) is 3.17. The Labute approximate surface area is 167 Å². The largest absolute Gasteiger partial charge is 0.283 e. The molecular weight excluding hydrogens is 399 g/mol. The Balaban J connectivity index is 1.68. The summed E-state index contributed by atoms with van der Waals surface area (Å²) in [5.74, 6) is -2.88. The SMILES string of the molecule is O=S(=O)(Nc1ccc(F)c(F)c1Cc1ccc(-c2ccccc2)cc1F)C1CC1. The molecule has 0 radical (unpaired) electrons. The molecule has 1 fully saturated rings. The fourth-order valence-corrected chi connectivity index (χ4v) is 4.59. The predicted octanol–water partition coefficient (Wildman–Crippen LogP) is 5.27. The summed E-state index contributed by atoms with van der Waals surface area (Å²) in [6.45, 7) is 0. The number of hydrogen-bond acceptors (Lipinski definition) is 2. The molecule has 0 saturated heterocycles. The second-order valence-corrected chi connectivity index (χ2v) is 9.04. The van der Waals surface area contributed by atoms with Crippen LogP contribution in [0, 0.1) is 17.5 Å². The van der Waals surface area contributed by atoms with Gasteiger partial charge in [0.1, 0.15) is 5.82 Å². The normalized spacial score (nSPS) is 14.0. The molecule has 0 spiro atoms. The maximum atomic E-state index is 14.7. The zero-order chi connectivity index (χ0) is 20.6. The first kappa shape index (κ1) is 19.5. The molecule has 0 unspecified atom stereocenters. The number of nitrogens with one attached hydrogen (secondary N) is 1. The Morgan fingerprint density at radius 2 is 1.59 bits per heavy atom. The fraction of sp³-hybridized carbons (Fsp3) is 0.182. The zero-order valence-corrected chi connectivity index (χ0v) is 16.1. The van der Waals surface area contributed by atoms with E-state index < -0.39 is 32.7 Å². The van der Waals surface area contributed by atoms with Crippen LogP contribution in [-0.2, 0) is 16.4 Å². The minimum atomic E-state index is -3.67. The van der Waals surface area contributed by atoms with Crippen LogP contribution in [0.1, 0.15) is 24.0 Å². The topological polar surface area (TPSA) is 46.2 Å². The van der Waals surface area contributed by atoms with Crippen molar-refractivity contribution in [2.75, 3.05) is 4.72 Å². The summed E-state index contributed by atoms with van der Waals surface area (Å²) in [5.41, 5.74) is 1.33. The van der Waals surface area contributed by atoms with Crippen molar-refractivity contribution in [1.82, 2.24) is 0 Å². The van der Waals surface area contributed by atoms with Crippen LogP contribution in [0.3, 0.4) is 0 Å². The summed E-state index contributed by atoms with van der Waals surface area (Å²) in [6, 6.07) is 15.8. The minimum Gasteiger partial charge on any atom is -0.283 e. The first-order valence-electron chi connectivity index (χ1n) is 9.17. The van der Waals surface area contributed by atoms with E-state index in [1.807, 2.05) is 30.3 Å². The lowest BCUT2D eigenvalue weighted by atomic mass is 9.98. The van der Waals surface area contributed by atoms with Crippen molar-refractivity contribution in [2.45, 2.75) is 24.5 Å². The second-order valence-electron chi connectivity index (χ2n) is 7.08. The van der Waals surface area contributed by atoms with Crippen molar-refractivity contribution in [3.8, 4) is 11.1 Å².